The average Bonchev–Trinajstić information content (AvgIpc) is 2.76. The first-order chi connectivity index (χ1) is 8.34. The minimum absolute atomic E-state index is 0.370. The third-order valence-corrected chi connectivity index (χ3v) is 2.69. The van der Waals surface area contributed by atoms with Crippen molar-refractivity contribution in [3.05, 3.63) is 47.9 Å². The smallest absolute Gasteiger partial charge is 0.165 e. The fourth-order valence-electron chi connectivity index (χ4n) is 1.63. The molecule has 0 amide bonds. The average molecular weight is 246 g/mol. The highest BCUT2D eigenvalue weighted by molar-refractivity contribution is 6.33. The van der Waals surface area contributed by atoms with Crippen molar-refractivity contribution < 1.29 is 0 Å². The minimum Gasteiger partial charge on any atom is -0.309 e. The van der Waals surface area contributed by atoms with E-state index in [9.17, 15) is 0 Å². The maximum absolute atomic E-state index is 5.93. The van der Waals surface area contributed by atoms with E-state index in [1.165, 1.54) is 6.33 Å². The van der Waals surface area contributed by atoms with Crippen LogP contribution in [0.4, 0.5) is 0 Å². The second-order valence-electron chi connectivity index (χ2n) is 3.53. The summed E-state index contributed by atoms with van der Waals surface area (Å²) in [7, 11) is 0. The summed E-state index contributed by atoms with van der Waals surface area (Å²) < 4.78 is 1.89. The molecule has 0 unspecified atom stereocenters. The van der Waals surface area contributed by atoms with E-state index in [0.29, 0.717) is 17.2 Å². The van der Waals surface area contributed by atoms with E-state index >= 15 is 0 Å². The topological polar surface area (TPSA) is 56.5 Å². The van der Waals surface area contributed by atoms with Crippen LogP contribution in [0.1, 0.15) is 5.69 Å². The van der Waals surface area contributed by atoms with Gasteiger partial charge in [0, 0.05) is 6.20 Å². The van der Waals surface area contributed by atoms with E-state index in [-0.39, 0.29) is 0 Å². The second kappa shape index (κ2) is 4.10. The molecule has 3 heterocycles. The molecule has 3 aromatic heterocycles. The van der Waals surface area contributed by atoms with Crippen molar-refractivity contribution in [2.75, 3.05) is 0 Å². The molecule has 0 atom stereocenters. The van der Waals surface area contributed by atoms with E-state index in [1.54, 1.807) is 12.5 Å². The van der Waals surface area contributed by atoms with Gasteiger partial charge in [-0.3, -0.25) is 4.98 Å². The van der Waals surface area contributed by atoms with Crippen LogP contribution in [-0.2, 0) is 6.54 Å². The summed E-state index contributed by atoms with van der Waals surface area (Å²) in [5.41, 5.74) is 2.28. The Morgan fingerprint density at radius 2 is 2.06 bits per heavy atom. The molecule has 0 aliphatic carbocycles. The molecule has 0 aliphatic heterocycles. The molecule has 0 saturated heterocycles. The van der Waals surface area contributed by atoms with Crippen LogP contribution in [-0.4, -0.2) is 24.5 Å². The standard InChI is InChI=1S/C11H8ClN5/c12-10-9-11(15-6-14-10)17(7-16-9)5-8-3-1-2-4-13-8/h1-4,6-7H,5H2. The van der Waals surface area contributed by atoms with Gasteiger partial charge in [0.25, 0.3) is 0 Å². The Hall–Kier alpha value is -2.01. The van der Waals surface area contributed by atoms with Crippen LogP contribution in [0.25, 0.3) is 11.2 Å². The monoisotopic (exact) mass is 245 g/mol. The first kappa shape index (κ1) is 10.2. The van der Waals surface area contributed by atoms with Crippen LogP contribution in [0.3, 0.4) is 0 Å². The third kappa shape index (κ3) is 1.85. The Labute approximate surface area is 102 Å². The van der Waals surface area contributed by atoms with Crippen LogP contribution < -0.4 is 0 Å². The SMILES string of the molecule is Clc1ncnc2c1ncn2Cc1ccccn1. The normalized spacial score (nSPS) is 10.9. The van der Waals surface area contributed by atoms with E-state index in [2.05, 4.69) is 19.9 Å². The lowest BCUT2D eigenvalue weighted by molar-refractivity contribution is 0.788. The van der Waals surface area contributed by atoms with Gasteiger partial charge in [0.1, 0.15) is 11.8 Å². The molecule has 0 bridgehead atoms. The molecular weight excluding hydrogens is 238 g/mol. The summed E-state index contributed by atoms with van der Waals surface area (Å²) in [4.78, 5) is 16.5. The maximum atomic E-state index is 5.93. The summed E-state index contributed by atoms with van der Waals surface area (Å²) in [6.45, 7) is 0.616. The number of fused-ring (bicyclic) bond motifs is 1. The highest BCUT2D eigenvalue weighted by Crippen LogP contribution is 2.17. The Kier molecular flexibility index (Phi) is 2.45. The van der Waals surface area contributed by atoms with Gasteiger partial charge in [-0.15, -0.1) is 0 Å². The van der Waals surface area contributed by atoms with Crippen molar-refractivity contribution in [3.8, 4) is 0 Å². The van der Waals surface area contributed by atoms with Gasteiger partial charge in [0.2, 0.25) is 0 Å². The first-order valence-corrected chi connectivity index (χ1v) is 5.43. The molecule has 0 saturated carbocycles. The van der Waals surface area contributed by atoms with Crippen LogP contribution >= 0.6 is 11.6 Å². The van der Waals surface area contributed by atoms with Gasteiger partial charge in [-0.1, -0.05) is 17.7 Å². The molecule has 17 heavy (non-hydrogen) atoms. The van der Waals surface area contributed by atoms with Crippen LogP contribution in [0.15, 0.2) is 37.1 Å². The Morgan fingerprint density at radius 3 is 2.88 bits per heavy atom. The lowest BCUT2D eigenvalue weighted by Gasteiger charge is -2.02. The molecule has 5 nitrogen and oxygen atoms in total. The van der Waals surface area contributed by atoms with E-state index < -0.39 is 0 Å². The Balaban J connectivity index is 2.05. The van der Waals surface area contributed by atoms with Gasteiger partial charge in [-0.25, -0.2) is 15.0 Å². The molecule has 0 aromatic carbocycles. The summed E-state index contributed by atoms with van der Waals surface area (Å²) in [5.74, 6) is 0. The van der Waals surface area contributed by atoms with Crippen molar-refractivity contribution in [1.82, 2.24) is 24.5 Å². The molecule has 0 fully saturated rings. The number of pyridine rings is 1. The van der Waals surface area contributed by atoms with E-state index in [0.717, 1.165) is 11.3 Å². The predicted molar refractivity (Wildman–Crippen MR) is 63.7 cm³/mol. The van der Waals surface area contributed by atoms with Gasteiger partial charge in [-0.05, 0) is 12.1 Å². The largest absolute Gasteiger partial charge is 0.309 e. The van der Waals surface area contributed by atoms with Crippen molar-refractivity contribution in [1.29, 1.82) is 0 Å². The predicted octanol–water partition coefficient (Wildman–Crippen LogP) is 1.92. The van der Waals surface area contributed by atoms with Crippen molar-refractivity contribution in [2.24, 2.45) is 0 Å². The van der Waals surface area contributed by atoms with Crippen molar-refractivity contribution in [2.45, 2.75) is 6.54 Å². The lowest BCUT2D eigenvalue weighted by Crippen LogP contribution is -2.01. The molecular formula is C11H8ClN5. The molecule has 6 heteroatoms. The summed E-state index contributed by atoms with van der Waals surface area (Å²) in [5, 5.41) is 0.370. The molecule has 0 aliphatic rings. The fourth-order valence-corrected chi connectivity index (χ4v) is 1.81. The molecule has 0 N–H and O–H groups in total. The van der Waals surface area contributed by atoms with Gasteiger partial charge < -0.3 is 4.57 Å². The first-order valence-electron chi connectivity index (χ1n) is 5.06. The Bertz CT molecular complexity index is 649. The lowest BCUT2D eigenvalue weighted by atomic mass is 10.3. The van der Waals surface area contributed by atoms with Crippen LogP contribution in [0.5, 0.6) is 0 Å². The minimum atomic E-state index is 0.370. The highest BCUT2D eigenvalue weighted by atomic mass is 35.5. The molecule has 0 radical (unpaired) electrons. The van der Waals surface area contributed by atoms with Gasteiger partial charge in [0.15, 0.2) is 10.8 Å². The number of aromatic nitrogens is 5. The van der Waals surface area contributed by atoms with Gasteiger partial charge >= 0.3 is 0 Å². The number of nitrogens with zero attached hydrogens (tertiary/aromatic N) is 5. The van der Waals surface area contributed by atoms with E-state index in [1.807, 2.05) is 22.8 Å². The number of imidazole rings is 1. The Morgan fingerprint density at radius 1 is 1.12 bits per heavy atom. The number of hydrogen-bond acceptors (Lipinski definition) is 4. The maximum Gasteiger partial charge on any atom is 0.165 e. The highest BCUT2D eigenvalue weighted by Gasteiger charge is 2.08. The molecule has 0 spiro atoms. The molecule has 84 valence electrons. The zero-order valence-corrected chi connectivity index (χ0v) is 9.54. The summed E-state index contributed by atoms with van der Waals surface area (Å²) in [6.07, 6.45) is 4.89. The van der Waals surface area contributed by atoms with Crippen molar-refractivity contribution >= 4 is 22.8 Å². The number of halogens is 1. The summed E-state index contributed by atoms with van der Waals surface area (Å²) in [6, 6.07) is 5.78. The zero-order valence-electron chi connectivity index (χ0n) is 8.79. The van der Waals surface area contributed by atoms with Gasteiger partial charge in [0.05, 0.1) is 18.6 Å². The molecule has 3 aromatic rings. The fraction of sp³-hybridized carbons (Fsp3) is 0.0909. The molecule has 3 rings (SSSR count). The van der Waals surface area contributed by atoms with Crippen LogP contribution in [0.2, 0.25) is 5.15 Å². The van der Waals surface area contributed by atoms with E-state index in [4.69, 9.17) is 11.6 Å². The number of rotatable bonds is 2. The summed E-state index contributed by atoms with van der Waals surface area (Å²) >= 11 is 5.93. The van der Waals surface area contributed by atoms with Gasteiger partial charge in [-0.2, -0.15) is 0 Å². The second-order valence-corrected chi connectivity index (χ2v) is 3.89. The third-order valence-electron chi connectivity index (χ3n) is 2.42. The van der Waals surface area contributed by atoms with Crippen molar-refractivity contribution in [3.63, 3.8) is 0 Å². The zero-order chi connectivity index (χ0) is 11.7. The quantitative estimate of drug-likeness (QED) is 0.648. The van der Waals surface area contributed by atoms with Crippen LogP contribution in [0, 0.1) is 0 Å². The number of hydrogen-bond donors (Lipinski definition) is 0.